The van der Waals surface area contributed by atoms with Crippen LogP contribution in [0.15, 0.2) is 182 Å². The molecular weight excluding hydrogens is 969 g/mol. The molecule has 0 N–H and O–H groups in total. The van der Waals surface area contributed by atoms with E-state index < -0.39 is 61.4 Å². The van der Waals surface area contributed by atoms with Crippen molar-refractivity contribution in [3.63, 3.8) is 0 Å². The Morgan fingerprint density at radius 2 is 0.553 bits per heavy atom. The standard InChI is InChI=1S/C62H72O14/c1-7-19-47(20-8-1)39-65-45-53-55-57(71-41-49-23-11-3-12-24-49)59(73-43-51-27-15-5-16-28-51)61(75-53)69-37-33-64-34-38-70-62-60(74-44-52-29-17-6-18-30-52)58(72-42-50-25-13-4-14-26-50)56(68-36-32-63-31-35-67-55)54(76-62)46-66-40-48-21-9-2-10-22-48/h1-30,53-62H,31-46H2/t53-,54+,55-,56-,57+,58+,59-,60-,61+,62+/m1/s1. The Balaban J connectivity index is 0.960. The van der Waals surface area contributed by atoms with Crippen LogP contribution in [0.3, 0.4) is 0 Å². The fourth-order valence-electron chi connectivity index (χ4n) is 9.37. The maximum atomic E-state index is 6.88. The number of ether oxygens (including phenoxy) is 14. The molecular formula is C62H72O14. The van der Waals surface area contributed by atoms with Crippen LogP contribution >= 0.6 is 0 Å². The molecule has 6 aromatic carbocycles. The van der Waals surface area contributed by atoms with Crippen LogP contribution in [0.5, 0.6) is 0 Å². The van der Waals surface area contributed by atoms with Crippen LogP contribution in [-0.4, -0.2) is 127 Å². The SMILES string of the molecule is c1ccc(COC[C@@H]2O[C@@H]3OCCOCCO[C@H]4O[C@H](COCc5ccccc5)[C@@H](OCCOCCO[C@H]2[C@H](OCc2ccccc2)[C@H]3OCc2ccccc2)[C@H](OCc2ccccc2)[C@H]4OCc2ccccc2)cc1. The molecule has 404 valence electrons. The maximum absolute atomic E-state index is 6.88. The van der Waals surface area contributed by atoms with Gasteiger partial charge in [0, 0.05) is 0 Å². The average molecular weight is 1040 g/mol. The van der Waals surface area contributed by atoms with E-state index in [4.69, 9.17) is 66.3 Å². The molecule has 14 heteroatoms. The number of hydrogen-bond donors (Lipinski definition) is 0. The molecule has 0 amide bonds. The van der Waals surface area contributed by atoms with Crippen molar-refractivity contribution in [3.8, 4) is 0 Å². The zero-order valence-electron chi connectivity index (χ0n) is 43.1. The zero-order valence-corrected chi connectivity index (χ0v) is 43.1. The average Bonchev–Trinajstić information content (AvgIpc) is 3.48. The Labute approximate surface area is 447 Å². The van der Waals surface area contributed by atoms with Gasteiger partial charge in [-0.3, -0.25) is 0 Å². The van der Waals surface area contributed by atoms with Crippen molar-refractivity contribution in [2.75, 3.05) is 66.1 Å². The topological polar surface area (TPSA) is 129 Å². The molecule has 10 atom stereocenters. The summed E-state index contributed by atoms with van der Waals surface area (Å²) in [6, 6.07) is 60.2. The normalized spacial score (nSPS) is 26.1. The number of rotatable bonds is 20. The van der Waals surface area contributed by atoms with E-state index in [1.54, 1.807) is 0 Å². The third kappa shape index (κ3) is 17.4. The molecule has 0 aliphatic carbocycles. The minimum atomic E-state index is -0.874. The zero-order chi connectivity index (χ0) is 51.7. The van der Waals surface area contributed by atoms with Crippen molar-refractivity contribution >= 4 is 0 Å². The van der Waals surface area contributed by atoms with Crippen LogP contribution in [0.25, 0.3) is 0 Å². The van der Waals surface area contributed by atoms with Crippen molar-refractivity contribution < 1.29 is 66.3 Å². The second-order valence-corrected chi connectivity index (χ2v) is 18.8. The third-order valence-electron chi connectivity index (χ3n) is 13.2. The molecule has 4 bridgehead atoms. The van der Waals surface area contributed by atoms with Crippen LogP contribution in [0.2, 0.25) is 0 Å². The molecule has 4 aliphatic rings. The van der Waals surface area contributed by atoms with Gasteiger partial charge in [0.1, 0.15) is 48.8 Å². The first kappa shape index (κ1) is 55.5. The van der Waals surface area contributed by atoms with Crippen LogP contribution < -0.4 is 0 Å². The lowest BCUT2D eigenvalue weighted by Crippen LogP contribution is -2.62. The molecule has 4 aliphatic heterocycles. The van der Waals surface area contributed by atoms with Crippen LogP contribution in [0.1, 0.15) is 33.4 Å². The van der Waals surface area contributed by atoms with Gasteiger partial charge in [-0.25, -0.2) is 0 Å². The Bertz CT molecular complexity index is 2270. The first-order valence-corrected chi connectivity index (χ1v) is 26.5. The van der Waals surface area contributed by atoms with Crippen molar-refractivity contribution in [3.05, 3.63) is 215 Å². The Morgan fingerprint density at radius 1 is 0.289 bits per heavy atom. The number of benzene rings is 6. The fraction of sp³-hybridized carbons (Fsp3) is 0.419. The second-order valence-electron chi connectivity index (χ2n) is 18.8. The molecule has 10 rings (SSSR count). The first-order chi connectivity index (χ1) is 37.7. The molecule has 0 spiro atoms. The lowest BCUT2D eigenvalue weighted by atomic mass is 9.98. The molecule has 0 aromatic heterocycles. The van der Waals surface area contributed by atoms with Crippen molar-refractivity contribution in [1.29, 1.82) is 0 Å². The van der Waals surface area contributed by atoms with E-state index in [9.17, 15) is 0 Å². The molecule has 6 aromatic rings. The molecule has 0 radical (unpaired) electrons. The smallest absolute Gasteiger partial charge is 0.187 e. The van der Waals surface area contributed by atoms with E-state index in [1.807, 2.05) is 182 Å². The van der Waals surface area contributed by atoms with Gasteiger partial charge in [0.05, 0.1) is 106 Å². The largest absolute Gasteiger partial charge is 0.377 e. The summed E-state index contributed by atoms with van der Waals surface area (Å²) in [5, 5.41) is 0. The highest BCUT2D eigenvalue weighted by molar-refractivity contribution is 5.18. The predicted octanol–water partition coefficient (Wildman–Crippen LogP) is 9.06. The minimum Gasteiger partial charge on any atom is -0.377 e. The van der Waals surface area contributed by atoms with Gasteiger partial charge >= 0.3 is 0 Å². The summed E-state index contributed by atoms with van der Waals surface area (Å²) in [4.78, 5) is 0. The third-order valence-corrected chi connectivity index (χ3v) is 13.2. The Hall–Kier alpha value is -5.24. The van der Waals surface area contributed by atoms with E-state index in [0.717, 1.165) is 33.4 Å². The monoisotopic (exact) mass is 1040 g/mol. The van der Waals surface area contributed by atoms with Gasteiger partial charge in [0.15, 0.2) is 12.6 Å². The molecule has 0 unspecified atom stereocenters. The summed E-state index contributed by atoms with van der Waals surface area (Å²) in [6.07, 6.45) is -6.98. The summed E-state index contributed by atoms with van der Waals surface area (Å²) in [7, 11) is 0. The van der Waals surface area contributed by atoms with Crippen molar-refractivity contribution in [1.82, 2.24) is 0 Å². The van der Waals surface area contributed by atoms with E-state index in [-0.39, 0.29) is 79.3 Å². The second kappa shape index (κ2) is 31.2. The van der Waals surface area contributed by atoms with E-state index in [2.05, 4.69) is 0 Å². The summed E-state index contributed by atoms with van der Waals surface area (Å²) >= 11 is 0. The Morgan fingerprint density at radius 3 is 0.855 bits per heavy atom. The van der Waals surface area contributed by atoms with Gasteiger partial charge in [-0.05, 0) is 33.4 Å². The van der Waals surface area contributed by atoms with Crippen LogP contribution in [-0.2, 0) is 106 Å². The molecule has 4 saturated heterocycles. The van der Waals surface area contributed by atoms with E-state index in [1.165, 1.54) is 0 Å². The van der Waals surface area contributed by atoms with Gasteiger partial charge in [-0.1, -0.05) is 182 Å². The van der Waals surface area contributed by atoms with Gasteiger partial charge in [-0.2, -0.15) is 0 Å². The van der Waals surface area contributed by atoms with E-state index >= 15 is 0 Å². The Kier molecular flexibility index (Phi) is 22.8. The highest BCUT2D eigenvalue weighted by Crippen LogP contribution is 2.33. The highest BCUT2D eigenvalue weighted by Gasteiger charge is 2.50. The summed E-state index contributed by atoms with van der Waals surface area (Å²) in [6.45, 7) is 4.05. The first-order valence-electron chi connectivity index (χ1n) is 26.5. The van der Waals surface area contributed by atoms with E-state index in [0.29, 0.717) is 26.4 Å². The molecule has 4 heterocycles. The fourth-order valence-corrected chi connectivity index (χ4v) is 9.37. The number of fused-ring (bicyclic) bond motifs is 14. The number of hydrogen-bond acceptors (Lipinski definition) is 14. The minimum absolute atomic E-state index is 0.177. The quantitative estimate of drug-likeness (QED) is 0.0675. The summed E-state index contributed by atoms with van der Waals surface area (Å²) in [5.74, 6) is 0. The van der Waals surface area contributed by atoms with Crippen LogP contribution in [0.4, 0.5) is 0 Å². The maximum Gasteiger partial charge on any atom is 0.187 e. The highest BCUT2D eigenvalue weighted by atomic mass is 16.7. The van der Waals surface area contributed by atoms with Crippen molar-refractivity contribution in [2.45, 2.75) is 101 Å². The summed E-state index contributed by atoms with van der Waals surface area (Å²) < 4.78 is 93.0. The summed E-state index contributed by atoms with van der Waals surface area (Å²) in [5.41, 5.74) is 6.06. The van der Waals surface area contributed by atoms with Crippen molar-refractivity contribution in [2.24, 2.45) is 0 Å². The molecule has 0 saturated carbocycles. The van der Waals surface area contributed by atoms with Gasteiger partial charge in [0.2, 0.25) is 0 Å². The lowest BCUT2D eigenvalue weighted by Gasteiger charge is -2.46. The molecule has 14 nitrogen and oxygen atoms in total. The van der Waals surface area contributed by atoms with Gasteiger partial charge in [0.25, 0.3) is 0 Å². The molecule has 76 heavy (non-hydrogen) atoms. The predicted molar refractivity (Wildman–Crippen MR) is 283 cm³/mol. The molecule has 4 fully saturated rings. The van der Waals surface area contributed by atoms with Gasteiger partial charge in [-0.15, -0.1) is 0 Å². The van der Waals surface area contributed by atoms with Gasteiger partial charge < -0.3 is 66.3 Å². The lowest BCUT2D eigenvalue weighted by molar-refractivity contribution is -0.332. The van der Waals surface area contributed by atoms with Crippen LogP contribution in [0, 0.1) is 0 Å².